The Morgan fingerprint density at radius 3 is 1.75 bits per heavy atom. The smallest absolute Gasteiger partial charge is 0.318 e. The Bertz CT molecular complexity index is 61.1. The van der Waals surface area contributed by atoms with Gasteiger partial charge in [-0.15, -0.1) is 45.1 Å². The maximum atomic E-state index is 5.48. The second kappa shape index (κ2) is 4.25. The molecule has 0 aromatic heterocycles. The van der Waals surface area contributed by atoms with Crippen molar-refractivity contribution < 1.29 is 0 Å². The van der Waals surface area contributed by atoms with Gasteiger partial charge >= 0.3 is 13.3 Å². The number of hydrogen-bond donors (Lipinski definition) is 0. The summed E-state index contributed by atoms with van der Waals surface area (Å²) in [6.07, 6.45) is 0. The lowest BCUT2D eigenvalue weighted by atomic mass is 10.4. The van der Waals surface area contributed by atoms with Crippen molar-refractivity contribution in [2.45, 2.75) is 0 Å². The van der Waals surface area contributed by atoms with Crippen molar-refractivity contribution in [3.05, 3.63) is 0 Å². The fourth-order valence-electron chi connectivity index (χ4n) is 0.0852. The highest BCUT2D eigenvalue weighted by atomic mass is 35.7. The predicted octanol–water partition coefficient (Wildman–Crippen LogP) is 1.58. The van der Waals surface area contributed by atoms with E-state index in [1.54, 1.807) is 7.05 Å². The molecule has 0 N–H and O–H groups in total. The van der Waals surface area contributed by atoms with Gasteiger partial charge in [0.25, 0.3) is 0 Å². The monoisotopic (exact) mass is 209 g/mol. The number of hydrogen-bond acceptors (Lipinski definition) is 1. The van der Waals surface area contributed by atoms with E-state index in [0.717, 1.165) is 0 Å². The molecular weight excluding hydrogens is 207 g/mol. The Kier molecular flexibility index (Phi) is 5.00. The zero-order valence-corrected chi connectivity index (χ0v) is 8.29. The molecule has 0 bridgehead atoms. The van der Waals surface area contributed by atoms with Crippen LogP contribution in [-0.4, -0.2) is 24.8 Å². The minimum atomic E-state index is -1.81. The first-order chi connectivity index (χ1) is 3.55. The molecule has 0 aromatic rings. The standard InChI is InChI=1S/CH4BCl4NSi/c1-7(2(3)4)8(5)6/h8H,1H3. The average Bonchev–Trinajstić information content (AvgIpc) is 1.64. The fourth-order valence-corrected chi connectivity index (χ4v) is 2.30. The summed E-state index contributed by atoms with van der Waals surface area (Å²) in [6.45, 7) is 0. The van der Waals surface area contributed by atoms with Crippen LogP contribution in [0.5, 0.6) is 0 Å². The van der Waals surface area contributed by atoms with Crippen LogP contribution in [0.25, 0.3) is 0 Å². The van der Waals surface area contributed by atoms with Crippen LogP contribution < -0.4 is 0 Å². The lowest BCUT2D eigenvalue weighted by Crippen LogP contribution is -2.33. The molecule has 1 nitrogen and oxygen atoms in total. The molecule has 0 spiro atoms. The number of halogens is 4. The Hall–Kier alpha value is 1.40. The summed E-state index contributed by atoms with van der Waals surface area (Å²) in [5.74, 6) is 0. The molecule has 0 saturated heterocycles. The van der Waals surface area contributed by atoms with E-state index in [1.807, 2.05) is 0 Å². The first-order valence-corrected chi connectivity index (χ1v) is 6.72. The van der Waals surface area contributed by atoms with Crippen LogP contribution in [0.15, 0.2) is 0 Å². The summed E-state index contributed by atoms with van der Waals surface area (Å²) in [5.41, 5.74) is -0.582. The Morgan fingerprint density at radius 2 is 1.75 bits per heavy atom. The third kappa shape index (κ3) is 3.43. The maximum absolute atomic E-state index is 5.48. The second-order valence-electron chi connectivity index (χ2n) is 1.22. The summed E-state index contributed by atoms with van der Waals surface area (Å²) in [6, 6.07) is 0. The van der Waals surface area contributed by atoms with Crippen molar-refractivity contribution in [1.29, 1.82) is 0 Å². The molecule has 0 atom stereocenters. The third-order valence-corrected chi connectivity index (χ3v) is 4.37. The quantitative estimate of drug-likeness (QED) is 0.494. The first kappa shape index (κ1) is 9.40. The summed E-state index contributed by atoms with van der Waals surface area (Å²) in [4.78, 5) is 0. The van der Waals surface area contributed by atoms with Crippen molar-refractivity contribution in [3.8, 4) is 0 Å². The zero-order chi connectivity index (χ0) is 6.73. The van der Waals surface area contributed by atoms with E-state index in [-0.39, 0.29) is 0 Å². The normalized spacial score (nSPS) is 10.9. The molecule has 7 heteroatoms. The molecule has 0 saturated carbocycles. The van der Waals surface area contributed by atoms with Gasteiger partial charge in [0.2, 0.25) is 0 Å². The molecule has 0 aliphatic rings. The summed E-state index contributed by atoms with van der Waals surface area (Å²) >= 11 is 21.7. The van der Waals surface area contributed by atoms with Gasteiger partial charge in [0, 0.05) is 0 Å². The Balaban J connectivity index is 3.46. The van der Waals surface area contributed by atoms with E-state index < -0.39 is 13.3 Å². The molecular formula is CH4BCl4NSi. The van der Waals surface area contributed by atoms with Gasteiger partial charge in [-0.2, -0.15) is 0 Å². The van der Waals surface area contributed by atoms with Crippen molar-refractivity contribution in [3.63, 3.8) is 0 Å². The second-order valence-corrected chi connectivity index (χ2v) is 6.79. The van der Waals surface area contributed by atoms with Crippen LogP contribution in [0.1, 0.15) is 0 Å². The lowest BCUT2D eigenvalue weighted by Gasteiger charge is -2.13. The van der Waals surface area contributed by atoms with Gasteiger partial charge in [-0.1, -0.05) is 0 Å². The van der Waals surface area contributed by atoms with Crippen molar-refractivity contribution in [2.24, 2.45) is 0 Å². The number of rotatable bonds is 2. The summed E-state index contributed by atoms with van der Waals surface area (Å²) in [7, 11) is -0.127. The highest BCUT2D eigenvalue weighted by Crippen LogP contribution is 2.08. The zero-order valence-electron chi connectivity index (χ0n) is 4.11. The van der Waals surface area contributed by atoms with Gasteiger partial charge in [0.05, 0.1) is 0 Å². The molecule has 48 valence electrons. The van der Waals surface area contributed by atoms with Crippen LogP contribution in [0.3, 0.4) is 0 Å². The van der Waals surface area contributed by atoms with Crippen LogP contribution in [0, 0.1) is 0 Å². The predicted molar refractivity (Wildman–Crippen MR) is 44.1 cm³/mol. The van der Waals surface area contributed by atoms with Crippen molar-refractivity contribution in [1.82, 2.24) is 4.48 Å². The number of nitrogens with zero attached hydrogens (tertiary/aromatic N) is 1. The third-order valence-electron chi connectivity index (χ3n) is 0.616. The minimum absolute atomic E-state index is 0.582. The minimum Gasteiger partial charge on any atom is -0.318 e. The van der Waals surface area contributed by atoms with Crippen molar-refractivity contribution in [2.75, 3.05) is 7.05 Å². The van der Waals surface area contributed by atoms with Gasteiger partial charge in [-0.05, 0) is 7.05 Å². The molecule has 0 fully saturated rings. The van der Waals surface area contributed by atoms with Crippen LogP contribution in [0.4, 0.5) is 0 Å². The molecule has 0 aliphatic carbocycles. The van der Waals surface area contributed by atoms with Crippen molar-refractivity contribution >= 4 is 58.3 Å². The van der Waals surface area contributed by atoms with E-state index in [1.165, 1.54) is 4.48 Å². The van der Waals surface area contributed by atoms with Crippen LogP contribution in [-0.2, 0) is 0 Å². The largest absolute Gasteiger partial charge is 0.429 e. The van der Waals surface area contributed by atoms with Gasteiger partial charge in [0.1, 0.15) is 0 Å². The maximum Gasteiger partial charge on any atom is 0.429 e. The first-order valence-electron chi connectivity index (χ1n) is 1.84. The Labute approximate surface area is 69.9 Å². The molecule has 0 heterocycles. The van der Waals surface area contributed by atoms with E-state index in [2.05, 4.69) is 0 Å². The SMILES string of the molecule is CN(B(Cl)Cl)[SiH](Cl)Cl. The molecule has 0 aromatic carbocycles. The van der Waals surface area contributed by atoms with E-state index in [4.69, 9.17) is 45.1 Å². The van der Waals surface area contributed by atoms with Gasteiger partial charge in [-0.25, -0.2) is 0 Å². The van der Waals surface area contributed by atoms with Gasteiger partial charge < -0.3 is 4.48 Å². The molecule has 0 amide bonds. The molecule has 0 unspecified atom stereocenters. The van der Waals surface area contributed by atoms with Crippen LogP contribution in [0.2, 0.25) is 0 Å². The molecule has 0 aliphatic heterocycles. The lowest BCUT2D eigenvalue weighted by molar-refractivity contribution is 0.865. The molecule has 0 radical (unpaired) electrons. The van der Waals surface area contributed by atoms with E-state index in [0.29, 0.717) is 0 Å². The van der Waals surface area contributed by atoms with E-state index >= 15 is 0 Å². The Morgan fingerprint density at radius 1 is 1.38 bits per heavy atom. The van der Waals surface area contributed by atoms with Crippen LogP contribution >= 0.6 is 45.1 Å². The summed E-state index contributed by atoms with van der Waals surface area (Å²) in [5, 5.41) is 0. The highest BCUT2D eigenvalue weighted by Gasteiger charge is 2.20. The topological polar surface area (TPSA) is 3.24 Å². The van der Waals surface area contributed by atoms with E-state index in [9.17, 15) is 0 Å². The molecule has 8 heavy (non-hydrogen) atoms. The molecule has 0 rings (SSSR count). The van der Waals surface area contributed by atoms with Gasteiger partial charge in [0.15, 0.2) is 0 Å². The van der Waals surface area contributed by atoms with Gasteiger partial charge in [-0.3, -0.25) is 0 Å². The average molecular weight is 211 g/mol. The summed E-state index contributed by atoms with van der Waals surface area (Å²) < 4.78 is 1.53. The fraction of sp³-hybridized carbons (Fsp3) is 1.00. The highest BCUT2D eigenvalue weighted by molar-refractivity contribution is 7.41.